The van der Waals surface area contributed by atoms with Crippen LogP contribution in [-0.2, 0) is 16.0 Å². The number of hydrogen-bond donors (Lipinski definition) is 0. The quantitative estimate of drug-likeness (QED) is 0.783. The highest BCUT2D eigenvalue weighted by Gasteiger charge is 2.37. The van der Waals surface area contributed by atoms with Crippen molar-refractivity contribution in [2.45, 2.75) is 19.4 Å². The van der Waals surface area contributed by atoms with E-state index in [9.17, 15) is 4.79 Å². The molecule has 2 aliphatic rings. The smallest absolute Gasteiger partial charge is 0.329 e. The lowest BCUT2D eigenvalue weighted by Crippen LogP contribution is -2.40. The first-order valence-corrected chi connectivity index (χ1v) is 7.18. The van der Waals surface area contributed by atoms with Gasteiger partial charge < -0.3 is 9.64 Å². The van der Waals surface area contributed by atoms with Crippen LogP contribution in [0.2, 0.25) is 5.02 Å². The van der Waals surface area contributed by atoms with Crippen LogP contribution in [0.4, 0.5) is 5.69 Å². The van der Waals surface area contributed by atoms with Crippen molar-refractivity contribution in [3.63, 3.8) is 0 Å². The average Bonchev–Trinajstić information content (AvgIpc) is 2.78. The molecule has 0 bridgehead atoms. The number of esters is 1. The number of hydrogen-bond acceptors (Lipinski definition) is 3. The summed E-state index contributed by atoms with van der Waals surface area (Å²) in [4.78, 5) is 14.3. The summed E-state index contributed by atoms with van der Waals surface area (Å²) in [6.45, 7) is 2.92. The number of carbonyl (C=O) groups excluding carboxylic acids is 1. The van der Waals surface area contributed by atoms with Crippen molar-refractivity contribution in [3.8, 4) is 0 Å². The second-order valence-corrected chi connectivity index (χ2v) is 5.28. The average molecular weight is 290 g/mol. The van der Waals surface area contributed by atoms with Crippen molar-refractivity contribution < 1.29 is 9.53 Å². The molecule has 0 aromatic heterocycles. The van der Waals surface area contributed by atoms with E-state index >= 15 is 0 Å². The maximum atomic E-state index is 12.2. The van der Waals surface area contributed by atoms with Crippen LogP contribution in [-0.4, -0.2) is 25.2 Å². The summed E-state index contributed by atoms with van der Waals surface area (Å²) in [6.07, 6.45) is 8.71. The highest BCUT2D eigenvalue weighted by atomic mass is 35.5. The summed E-state index contributed by atoms with van der Waals surface area (Å²) >= 11 is 6.31. The van der Waals surface area contributed by atoms with Crippen molar-refractivity contribution in [2.75, 3.05) is 18.1 Å². The molecule has 104 valence electrons. The van der Waals surface area contributed by atoms with E-state index in [1.54, 1.807) is 0 Å². The molecule has 0 spiro atoms. The normalized spacial score (nSPS) is 22.7. The maximum absolute atomic E-state index is 12.2. The number of allylic oxidation sites excluding steroid dienone is 2. The van der Waals surface area contributed by atoms with Gasteiger partial charge in [-0.25, -0.2) is 4.79 Å². The molecule has 1 aromatic rings. The summed E-state index contributed by atoms with van der Waals surface area (Å²) in [5.41, 5.74) is 3.21. The van der Waals surface area contributed by atoms with Crippen LogP contribution in [0.15, 0.2) is 30.4 Å². The van der Waals surface area contributed by atoms with Crippen LogP contribution in [0.3, 0.4) is 0 Å². The van der Waals surface area contributed by atoms with E-state index in [0.717, 1.165) is 21.8 Å². The van der Waals surface area contributed by atoms with Gasteiger partial charge in [0.05, 0.1) is 6.61 Å². The lowest BCUT2D eigenvalue weighted by atomic mass is 10.1. The summed E-state index contributed by atoms with van der Waals surface area (Å²) in [7, 11) is 0. The van der Waals surface area contributed by atoms with Crippen LogP contribution in [0, 0.1) is 0 Å². The van der Waals surface area contributed by atoms with Crippen molar-refractivity contribution in [1.29, 1.82) is 0 Å². The van der Waals surface area contributed by atoms with E-state index < -0.39 is 0 Å². The van der Waals surface area contributed by atoms with Gasteiger partial charge in [-0.3, -0.25) is 0 Å². The molecular formula is C16H16ClNO2. The number of nitrogens with zero attached hydrogens (tertiary/aromatic N) is 1. The minimum atomic E-state index is -0.278. The molecule has 0 fully saturated rings. The van der Waals surface area contributed by atoms with Gasteiger partial charge in [-0.2, -0.15) is 0 Å². The molecule has 3 nitrogen and oxygen atoms in total. The topological polar surface area (TPSA) is 29.5 Å². The van der Waals surface area contributed by atoms with E-state index in [0.29, 0.717) is 19.6 Å². The van der Waals surface area contributed by atoms with Crippen LogP contribution < -0.4 is 4.90 Å². The molecule has 0 radical (unpaired) electrons. The van der Waals surface area contributed by atoms with Gasteiger partial charge in [0.15, 0.2) is 0 Å². The van der Waals surface area contributed by atoms with Gasteiger partial charge >= 0.3 is 5.97 Å². The van der Waals surface area contributed by atoms with Crippen LogP contribution in [0.1, 0.15) is 18.1 Å². The molecule has 0 saturated heterocycles. The fourth-order valence-electron chi connectivity index (χ4n) is 2.84. The van der Waals surface area contributed by atoms with Crippen molar-refractivity contribution in [3.05, 3.63) is 46.5 Å². The molecule has 0 N–H and O–H groups in total. The largest absolute Gasteiger partial charge is 0.464 e. The van der Waals surface area contributed by atoms with Gasteiger partial charge in [-0.05, 0) is 24.1 Å². The zero-order valence-corrected chi connectivity index (χ0v) is 12.1. The lowest BCUT2D eigenvalue weighted by molar-refractivity contribution is -0.144. The molecule has 4 heteroatoms. The predicted octanol–water partition coefficient (Wildman–Crippen LogP) is 3.22. The molecule has 1 aromatic carbocycles. The maximum Gasteiger partial charge on any atom is 0.329 e. The second kappa shape index (κ2) is 5.33. The highest BCUT2D eigenvalue weighted by Crippen LogP contribution is 2.41. The molecule has 2 heterocycles. The molecule has 3 rings (SSSR count). The minimum absolute atomic E-state index is 0.177. The first kappa shape index (κ1) is 13.3. The Labute approximate surface area is 123 Å². The van der Waals surface area contributed by atoms with Gasteiger partial charge in [0.25, 0.3) is 0 Å². The number of halogens is 1. The van der Waals surface area contributed by atoms with Crippen molar-refractivity contribution >= 4 is 29.3 Å². The van der Waals surface area contributed by atoms with E-state index in [-0.39, 0.29) is 12.0 Å². The van der Waals surface area contributed by atoms with E-state index in [1.807, 2.05) is 43.4 Å². The number of ether oxygens (including phenoxy) is 1. The first-order chi connectivity index (χ1) is 9.72. The molecular weight excluding hydrogens is 274 g/mol. The molecule has 2 aliphatic heterocycles. The lowest BCUT2D eigenvalue weighted by Gasteiger charge is -2.26. The summed E-state index contributed by atoms with van der Waals surface area (Å²) in [5.74, 6) is -0.177. The predicted molar refractivity (Wildman–Crippen MR) is 81.1 cm³/mol. The van der Waals surface area contributed by atoms with Gasteiger partial charge in [-0.1, -0.05) is 42.0 Å². The summed E-state index contributed by atoms with van der Waals surface area (Å²) in [6, 6.07) is 3.62. The van der Waals surface area contributed by atoms with E-state index in [4.69, 9.17) is 16.3 Å². The fourth-order valence-corrected chi connectivity index (χ4v) is 3.07. The Bertz CT molecular complexity index is 607. The third kappa shape index (κ3) is 2.12. The Balaban J connectivity index is 2.08. The molecule has 1 atom stereocenters. The number of anilines is 1. The fraction of sp³-hybridized carbons (Fsp3) is 0.312. The number of rotatable bonds is 2. The Kier molecular flexibility index (Phi) is 3.53. The van der Waals surface area contributed by atoms with Crippen LogP contribution in [0.25, 0.3) is 6.08 Å². The summed E-state index contributed by atoms with van der Waals surface area (Å²) < 4.78 is 5.20. The number of carbonyl (C=O) groups is 1. The zero-order chi connectivity index (χ0) is 14.1. The Morgan fingerprint density at radius 2 is 2.30 bits per heavy atom. The highest BCUT2D eigenvalue weighted by molar-refractivity contribution is 6.32. The number of benzene rings is 1. The van der Waals surface area contributed by atoms with Gasteiger partial charge in [-0.15, -0.1) is 0 Å². The third-order valence-electron chi connectivity index (χ3n) is 3.70. The molecule has 0 saturated carbocycles. The minimum Gasteiger partial charge on any atom is -0.464 e. The van der Waals surface area contributed by atoms with Gasteiger partial charge in [0.2, 0.25) is 0 Å². The third-order valence-corrected chi connectivity index (χ3v) is 4.06. The monoisotopic (exact) mass is 289 g/mol. The SMILES string of the molecule is CCOC(=O)C1Cc2c(Cl)ccc3c2N1C/C=C\C=C/3. The zero-order valence-electron chi connectivity index (χ0n) is 11.3. The Hall–Kier alpha value is -1.74. The second-order valence-electron chi connectivity index (χ2n) is 4.88. The summed E-state index contributed by atoms with van der Waals surface area (Å²) in [5, 5.41) is 0.721. The molecule has 20 heavy (non-hydrogen) atoms. The van der Waals surface area contributed by atoms with Gasteiger partial charge in [0.1, 0.15) is 6.04 Å². The Morgan fingerprint density at radius 3 is 3.10 bits per heavy atom. The molecule has 0 amide bonds. The van der Waals surface area contributed by atoms with Crippen molar-refractivity contribution in [2.24, 2.45) is 0 Å². The van der Waals surface area contributed by atoms with Crippen LogP contribution in [0.5, 0.6) is 0 Å². The first-order valence-electron chi connectivity index (χ1n) is 6.80. The standard InChI is InChI=1S/C16H16ClNO2/c1-2-20-16(19)14-10-12-13(17)8-7-11-6-4-3-5-9-18(14)15(11)12/h3-8,14H,2,9-10H2,1H3/b5-3-,6-4-. The van der Waals surface area contributed by atoms with Crippen LogP contribution >= 0.6 is 11.6 Å². The molecule has 0 aliphatic carbocycles. The molecule has 1 unspecified atom stereocenters. The van der Waals surface area contributed by atoms with E-state index in [2.05, 4.69) is 4.90 Å². The van der Waals surface area contributed by atoms with E-state index in [1.165, 1.54) is 0 Å². The Morgan fingerprint density at radius 1 is 1.45 bits per heavy atom. The van der Waals surface area contributed by atoms with Gasteiger partial charge in [0, 0.05) is 23.7 Å². The van der Waals surface area contributed by atoms with Crippen molar-refractivity contribution in [1.82, 2.24) is 0 Å².